The van der Waals surface area contributed by atoms with Crippen LogP contribution in [0.15, 0.2) is 18.2 Å². The molecule has 0 spiro atoms. The van der Waals surface area contributed by atoms with E-state index >= 15 is 0 Å². The summed E-state index contributed by atoms with van der Waals surface area (Å²) in [5.74, 6) is 0. The number of rotatable bonds is 3. The number of anilines is 1. The van der Waals surface area contributed by atoms with Gasteiger partial charge in [-0.25, -0.2) is 0 Å². The lowest BCUT2D eigenvalue weighted by Gasteiger charge is -2.14. The Morgan fingerprint density at radius 1 is 1.28 bits per heavy atom. The van der Waals surface area contributed by atoms with Crippen molar-refractivity contribution >= 4 is 16.6 Å². The van der Waals surface area contributed by atoms with Gasteiger partial charge in [-0.1, -0.05) is 31.5 Å². The van der Waals surface area contributed by atoms with E-state index in [1.165, 1.54) is 52.7 Å². The minimum atomic E-state index is 1.12. The highest BCUT2D eigenvalue weighted by Crippen LogP contribution is 2.35. The molecule has 0 atom stereocenters. The van der Waals surface area contributed by atoms with Crippen LogP contribution in [0.25, 0.3) is 10.9 Å². The van der Waals surface area contributed by atoms with Gasteiger partial charge in [-0.05, 0) is 36.8 Å². The lowest BCUT2D eigenvalue weighted by Crippen LogP contribution is -2.01. The largest absolute Gasteiger partial charge is 0.387 e. The van der Waals surface area contributed by atoms with Crippen LogP contribution in [0.5, 0.6) is 0 Å². The van der Waals surface area contributed by atoms with Gasteiger partial charge in [0.25, 0.3) is 0 Å². The first kappa shape index (κ1) is 11.5. The molecule has 0 saturated carbocycles. The average Bonchev–Trinajstić information content (AvgIpc) is 2.85. The predicted octanol–water partition coefficient (Wildman–Crippen LogP) is 3.72. The number of pyridine rings is 1. The molecule has 0 aliphatic heterocycles. The van der Waals surface area contributed by atoms with Gasteiger partial charge in [-0.15, -0.1) is 0 Å². The minimum Gasteiger partial charge on any atom is -0.387 e. The Bertz CT molecular complexity index is 587. The van der Waals surface area contributed by atoms with Crippen molar-refractivity contribution < 1.29 is 0 Å². The van der Waals surface area contributed by atoms with Gasteiger partial charge in [0.05, 0.1) is 5.52 Å². The number of aryl methyl sites for hydroxylation is 2. The summed E-state index contributed by atoms with van der Waals surface area (Å²) >= 11 is 0. The van der Waals surface area contributed by atoms with Gasteiger partial charge in [-0.3, -0.25) is 4.98 Å². The van der Waals surface area contributed by atoms with Gasteiger partial charge in [-0.2, -0.15) is 0 Å². The van der Waals surface area contributed by atoms with Crippen LogP contribution < -0.4 is 5.32 Å². The lowest BCUT2D eigenvalue weighted by molar-refractivity contribution is 0.898. The number of benzene rings is 1. The first-order chi connectivity index (χ1) is 8.85. The molecule has 1 N–H and O–H groups in total. The van der Waals surface area contributed by atoms with E-state index in [1.54, 1.807) is 0 Å². The Balaban J connectivity index is 2.31. The molecule has 1 heterocycles. The van der Waals surface area contributed by atoms with Gasteiger partial charge >= 0.3 is 0 Å². The smallest absolute Gasteiger partial charge is 0.0758 e. The van der Waals surface area contributed by atoms with Crippen LogP contribution in [0.3, 0.4) is 0 Å². The highest BCUT2D eigenvalue weighted by Gasteiger charge is 2.19. The van der Waals surface area contributed by atoms with Crippen molar-refractivity contribution in [3.05, 3.63) is 35.0 Å². The standard InChI is InChI=1S/C16H20N2/c1-3-6-11-7-4-9-13-15(11)18-14-10-5-8-12(14)16(13)17-2/h4,7,9H,3,5-6,8,10H2,1-2H3,(H,17,18). The van der Waals surface area contributed by atoms with E-state index in [2.05, 4.69) is 30.4 Å². The Morgan fingerprint density at radius 2 is 2.17 bits per heavy atom. The zero-order valence-corrected chi connectivity index (χ0v) is 11.2. The zero-order chi connectivity index (χ0) is 12.5. The van der Waals surface area contributed by atoms with Gasteiger partial charge in [0.15, 0.2) is 0 Å². The molecule has 0 radical (unpaired) electrons. The summed E-state index contributed by atoms with van der Waals surface area (Å²) in [5.41, 5.74) is 6.67. The van der Waals surface area contributed by atoms with Crippen LogP contribution in [0.4, 0.5) is 5.69 Å². The summed E-state index contributed by atoms with van der Waals surface area (Å²) in [4.78, 5) is 4.94. The number of nitrogens with one attached hydrogen (secondary N) is 1. The Morgan fingerprint density at radius 3 is 2.94 bits per heavy atom. The van der Waals surface area contributed by atoms with E-state index in [9.17, 15) is 0 Å². The molecule has 1 aliphatic carbocycles. The highest BCUT2D eigenvalue weighted by molar-refractivity contribution is 5.95. The quantitative estimate of drug-likeness (QED) is 0.884. The van der Waals surface area contributed by atoms with E-state index in [0.717, 1.165) is 12.8 Å². The molecule has 0 amide bonds. The van der Waals surface area contributed by atoms with Crippen molar-refractivity contribution in [2.24, 2.45) is 0 Å². The molecule has 2 nitrogen and oxygen atoms in total. The maximum absolute atomic E-state index is 4.94. The third-order valence-corrected chi connectivity index (χ3v) is 3.90. The fourth-order valence-corrected chi connectivity index (χ4v) is 3.10. The van der Waals surface area contributed by atoms with Gasteiger partial charge in [0.2, 0.25) is 0 Å². The van der Waals surface area contributed by atoms with E-state index < -0.39 is 0 Å². The van der Waals surface area contributed by atoms with Crippen LogP contribution in [-0.4, -0.2) is 12.0 Å². The molecule has 18 heavy (non-hydrogen) atoms. The molecule has 0 unspecified atom stereocenters. The van der Waals surface area contributed by atoms with E-state index in [1.807, 2.05) is 7.05 Å². The number of aromatic nitrogens is 1. The molecule has 94 valence electrons. The van der Waals surface area contributed by atoms with E-state index in [-0.39, 0.29) is 0 Å². The molecule has 0 fully saturated rings. The molecule has 1 aliphatic rings. The van der Waals surface area contributed by atoms with Crippen molar-refractivity contribution in [2.75, 3.05) is 12.4 Å². The SMILES string of the molecule is CCCc1cccc2c(NC)c3c(nc12)CCC3. The van der Waals surface area contributed by atoms with E-state index in [0.29, 0.717) is 0 Å². The van der Waals surface area contributed by atoms with Crippen LogP contribution in [0.2, 0.25) is 0 Å². The summed E-state index contributed by atoms with van der Waals surface area (Å²) in [5, 5.41) is 4.70. The van der Waals surface area contributed by atoms with Crippen molar-refractivity contribution in [2.45, 2.75) is 39.0 Å². The predicted molar refractivity (Wildman–Crippen MR) is 77.3 cm³/mol. The maximum atomic E-state index is 4.94. The fourth-order valence-electron chi connectivity index (χ4n) is 3.10. The van der Waals surface area contributed by atoms with Crippen molar-refractivity contribution in [1.82, 2.24) is 4.98 Å². The van der Waals surface area contributed by atoms with Crippen LogP contribution in [0.1, 0.15) is 36.6 Å². The van der Waals surface area contributed by atoms with E-state index in [4.69, 9.17) is 4.98 Å². The van der Waals surface area contributed by atoms with Gasteiger partial charge in [0, 0.05) is 23.8 Å². The lowest BCUT2D eigenvalue weighted by atomic mass is 10.0. The first-order valence-corrected chi connectivity index (χ1v) is 6.96. The molecule has 2 aromatic rings. The minimum absolute atomic E-state index is 1.12. The molecule has 1 aromatic heterocycles. The van der Waals surface area contributed by atoms with Crippen molar-refractivity contribution in [3.8, 4) is 0 Å². The zero-order valence-electron chi connectivity index (χ0n) is 11.2. The fraction of sp³-hybridized carbons (Fsp3) is 0.438. The van der Waals surface area contributed by atoms with Gasteiger partial charge in [0.1, 0.15) is 0 Å². The number of para-hydroxylation sites is 1. The summed E-state index contributed by atoms with van der Waals surface area (Å²) in [7, 11) is 2.03. The number of hydrogen-bond donors (Lipinski definition) is 1. The third-order valence-electron chi connectivity index (χ3n) is 3.90. The van der Waals surface area contributed by atoms with Crippen LogP contribution >= 0.6 is 0 Å². The second kappa shape index (κ2) is 4.60. The third kappa shape index (κ3) is 1.67. The molecule has 0 saturated heterocycles. The second-order valence-corrected chi connectivity index (χ2v) is 5.08. The topological polar surface area (TPSA) is 24.9 Å². The van der Waals surface area contributed by atoms with Crippen LogP contribution in [-0.2, 0) is 19.3 Å². The normalized spacial score (nSPS) is 13.9. The van der Waals surface area contributed by atoms with Crippen LogP contribution in [0, 0.1) is 0 Å². The Kier molecular flexibility index (Phi) is 2.94. The Labute approximate surface area is 108 Å². The van der Waals surface area contributed by atoms with Crippen molar-refractivity contribution in [1.29, 1.82) is 0 Å². The molecular weight excluding hydrogens is 220 g/mol. The summed E-state index contributed by atoms with van der Waals surface area (Å²) in [6, 6.07) is 6.59. The molecular formula is C16H20N2. The van der Waals surface area contributed by atoms with Crippen molar-refractivity contribution in [3.63, 3.8) is 0 Å². The Hall–Kier alpha value is -1.57. The second-order valence-electron chi connectivity index (χ2n) is 5.08. The maximum Gasteiger partial charge on any atom is 0.0758 e. The number of nitrogens with zero attached hydrogens (tertiary/aromatic N) is 1. The highest BCUT2D eigenvalue weighted by atomic mass is 14.9. The molecule has 1 aromatic carbocycles. The number of fused-ring (bicyclic) bond motifs is 2. The monoisotopic (exact) mass is 240 g/mol. The summed E-state index contributed by atoms with van der Waals surface area (Å²) in [6.07, 6.45) is 5.85. The molecule has 3 rings (SSSR count). The van der Waals surface area contributed by atoms with Gasteiger partial charge < -0.3 is 5.32 Å². The summed E-state index contributed by atoms with van der Waals surface area (Å²) in [6.45, 7) is 2.23. The summed E-state index contributed by atoms with van der Waals surface area (Å²) < 4.78 is 0. The molecule has 2 heteroatoms. The average molecular weight is 240 g/mol. The molecule has 0 bridgehead atoms. The number of hydrogen-bond acceptors (Lipinski definition) is 2. The first-order valence-electron chi connectivity index (χ1n) is 6.96.